The van der Waals surface area contributed by atoms with Gasteiger partial charge >= 0.3 is 5.97 Å². The molecule has 5 nitrogen and oxygen atoms in total. The molecular weight excluding hydrogens is 352 g/mol. The van der Waals surface area contributed by atoms with Gasteiger partial charge in [-0.25, -0.2) is 9.78 Å². The van der Waals surface area contributed by atoms with E-state index in [0.29, 0.717) is 22.5 Å². The largest absolute Gasteiger partial charge is 0.478 e. The number of rotatable bonds is 4. The summed E-state index contributed by atoms with van der Waals surface area (Å²) in [7, 11) is 0. The first-order valence-electron chi connectivity index (χ1n) is 8.88. The number of aromatic amines is 1. The molecule has 3 aromatic carbocycles. The molecule has 0 radical (unpaired) electrons. The zero-order valence-corrected chi connectivity index (χ0v) is 15.5. The molecular formula is C23H18N2O3. The van der Waals surface area contributed by atoms with Crippen molar-refractivity contribution >= 4 is 22.8 Å². The van der Waals surface area contributed by atoms with Crippen molar-refractivity contribution in [3.63, 3.8) is 0 Å². The van der Waals surface area contributed by atoms with Crippen molar-refractivity contribution in [1.82, 2.24) is 9.97 Å². The predicted octanol–water partition coefficient (Wildman–Crippen LogP) is 4.78. The van der Waals surface area contributed by atoms with Crippen molar-refractivity contribution in [2.75, 3.05) is 0 Å². The first-order valence-corrected chi connectivity index (χ1v) is 8.88. The molecule has 138 valence electrons. The summed E-state index contributed by atoms with van der Waals surface area (Å²) in [6, 6.07) is 17.7. The van der Waals surface area contributed by atoms with E-state index in [4.69, 9.17) is 5.11 Å². The smallest absolute Gasteiger partial charge is 0.335 e. The monoisotopic (exact) mass is 370 g/mol. The third-order valence-electron chi connectivity index (χ3n) is 4.92. The zero-order valence-electron chi connectivity index (χ0n) is 15.5. The van der Waals surface area contributed by atoms with Gasteiger partial charge in [-0.3, -0.25) is 4.79 Å². The van der Waals surface area contributed by atoms with E-state index in [1.807, 2.05) is 44.2 Å². The second-order valence-corrected chi connectivity index (χ2v) is 6.83. The van der Waals surface area contributed by atoms with Crippen LogP contribution in [0.25, 0.3) is 22.4 Å². The van der Waals surface area contributed by atoms with Crippen molar-refractivity contribution < 1.29 is 14.7 Å². The summed E-state index contributed by atoms with van der Waals surface area (Å²) in [6.45, 7) is 4.01. The van der Waals surface area contributed by atoms with Crippen LogP contribution in [0.15, 0.2) is 60.7 Å². The molecule has 5 heteroatoms. The number of imidazole rings is 1. The van der Waals surface area contributed by atoms with Crippen LogP contribution in [0.4, 0.5) is 0 Å². The normalized spacial score (nSPS) is 10.9. The van der Waals surface area contributed by atoms with Crippen molar-refractivity contribution in [3.05, 3.63) is 88.5 Å². The minimum Gasteiger partial charge on any atom is -0.478 e. The quantitative estimate of drug-likeness (QED) is 0.507. The summed E-state index contributed by atoms with van der Waals surface area (Å²) in [5, 5.41) is 9.11. The number of carbonyl (C=O) groups is 2. The maximum Gasteiger partial charge on any atom is 0.335 e. The van der Waals surface area contributed by atoms with Gasteiger partial charge in [-0.1, -0.05) is 36.4 Å². The molecule has 0 atom stereocenters. The molecule has 0 unspecified atom stereocenters. The van der Waals surface area contributed by atoms with Crippen molar-refractivity contribution in [1.29, 1.82) is 0 Å². The van der Waals surface area contributed by atoms with Crippen LogP contribution in [-0.4, -0.2) is 26.8 Å². The van der Waals surface area contributed by atoms with Crippen LogP contribution >= 0.6 is 0 Å². The fourth-order valence-electron chi connectivity index (χ4n) is 3.10. The summed E-state index contributed by atoms with van der Waals surface area (Å²) in [4.78, 5) is 31.5. The van der Waals surface area contributed by atoms with Crippen molar-refractivity contribution in [3.8, 4) is 11.4 Å². The number of hydrogen-bond acceptors (Lipinski definition) is 3. The fraction of sp³-hybridized carbons (Fsp3) is 0.0870. The van der Waals surface area contributed by atoms with Gasteiger partial charge in [-0.2, -0.15) is 0 Å². The van der Waals surface area contributed by atoms with E-state index >= 15 is 0 Å². The van der Waals surface area contributed by atoms with E-state index in [1.54, 1.807) is 18.2 Å². The lowest BCUT2D eigenvalue weighted by atomic mass is 9.98. The SMILES string of the molecule is Cc1ccc(C(=O)c2ccc(-c3nc4cc(C(=O)O)ccc4[nH]3)cc2)cc1C. The number of benzene rings is 3. The predicted molar refractivity (Wildman–Crippen MR) is 108 cm³/mol. The number of fused-ring (bicyclic) bond motifs is 1. The topological polar surface area (TPSA) is 83.1 Å². The number of carboxylic acid groups (broad SMARTS) is 1. The van der Waals surface area contributed by atoms with Crippen LogP contribution in [0.1, 0.15) is 37.4 Å². The third-order valence-corrected chi connectivity index (χ3v) is 4.92. The van der Waals surface area contributed by atoms with Crippen molar-refractivity contribution in [2.24, 2.45) is 0 Å². The van der Waals surface area contributed by atoms with E-state index in [-0.39, 0.29) is 11.3 Å². The second kappa shape index (κ2) is 6.78. The van der Waals surface area contributed by atoms with Gasteiger partial charge in [0.05, 0.1) is 16.6 Å². The molecule has 0 spiro atoms. The average Bonchev–Trinajstić information content (AvgIpc) is 3.13. The zero-order chi connectivity index (χ0) is 19.8. The van der Waals surface area contributed by atoms with Crippen LogP contribution in [0.5, 0.6) is 0 Å². The summed E-state index contributed by atoms with van der Waals surface area (Å²) < 4.78 is 0. The number of H-pyrrole nitrogens is 1. The Bertz CT molecular complexity index is 1220. The minimum atomic E-state index is -0.986. The lowest BCUT2D eigenvalue weighted by molar-refractivity contribution is 0.0697. The minimum absolute atomic E-state index is 0.0228. The number of carboxylic acids is 1. The van der Waals surface area contributed by atoms with E-state index < -0.39 is 5.97 Å². The molecule has 4 rings (SSSR count). The summed E-state index contributed by atoms with van der Waals surface area (Å²) in [6.07, 6.45) is 0. The number of nitrogens with one attached hydrogen (secondary N) is 1. The molecule has 0 saturated heterocycles. The van der Waals surface area contributed by atoms with Crippen LogP contribution < -0.4 is 0 Å². The molecule has 0 saturated carbocycles. The van der Waals surface area contributed by atoms with Gasteiger partial charge in [0, 0.05) is 16.7 Å². The van der Waals surface area contributed by atoms with E-state index in [0.717, 1.165) is 22.2 Å². The fourth-order valence-corrected chi connectivity index (χ4v) is 3.10. The Morgan fingerprint density at radius 1 is 0.821 bits per heavy atom. The Balaban J connectivity index is 1.64. The van der Waals surface area contributed by atoms with Crippen LogP contribution in [-0.2, 0) is 0 Å². The summed E-state index contributed by atoms with van der Waals surface area (Å²) >= 11 is 0. The second-order valence-electron chi connectivity index (χ2n) is 6.83. The van der Waals surface area contributed by atoms with Gasteiger partial charge in [0.25, 0.3) is 0 Å². The Kier molecular flexibility index (Phi) is 4.28. The molecule has 2 N–H and O–H groups in total. The van der Waals surface area contributed by atoms with E-state index in [2.05, 4.69) is 9.97 Å². The van der Waals surface area contributed by atoms with Crippen molar-refractivity contribution in [2.45, 2.75) is 13.8 Å². The molecule has 0 aliphatic heterocycles. The van der Waals surface area contributed by atoms with Crippen LogP contribution in [0.3, 0.4) is 0 Å². The van der Waals surface area contributed by atoms with Crippen LogP contribution in [0, 0.1) is 13.8 Å². The number of carbonyl (C=O) groups excluding carboxylic acids is 1. The Hall–Kier alpha value is -3.73. The Morgan fingerprint density at radius 2 is 1.50 bits per heavy atom. The molecule has 0 amide bonds. The highest BCUT2D eigenvalue weighted by Gasteiger charge is 2.12. The van der Waals surface area contributed by atoms with Crippen LogP contribution in [0.2, 0.25) is 0 Å². The van der Waals surface area contributed by atoms with Gasteiger partial charge in [-0.15, -0.1) is 0 Å². The average molecular weight is 370 g/mol. The number of aromatic carboxylic acids is 1. The molecule has 0 aliphatic rings. The number of ketones is 1. The molecule has 1 heterocycles. The molecule has 0 bridgehead atoms. The maximum atomic E-state index is 12.7. The molecule has 1 aromatic heterocycles. The Labute approximate surface area is 161 Å². The van der Waals surface area contributed by atoms with Gasteiger partial charge in [0.2, 0.25) is 0 Å². The van der Waals surface area contributed by atoms with Gasteiger partial charge in [0.15, 0.2) is 5.78 Å². The highest BCUT2D eigenvalue weighted by Crippen LogP contribution is 2.23. The lowest BCUT2D eigenvalue weighted by Gasteiger charge is -2.05. The molecule has 0 aliphatic carbocycles. The van der Waals surface area contributed by atoms with Gasteiger partial charge in [0.1, 0.15) is 5.82 Å². The molecule has 0 fully saturated rings. The lowest BCUT2D eigenvalue weighted by Crippen LogP contribution is -2.02. The third kappa shape index (κ3) is 3.18. The first-order chi connectivity index (χ1) is 13.4. The standard InChI is InChI=1S/C23H18N2O3/c1-13-3-4-17(11-14(13)2)21(26)15-5-7-16(8-6-15)22-24-19-10-9-18(23(27)28)12-20(19)25-22/h3-12H,1-2H3,(H,24,25)(H,27,28). The summed E-state index contributed by atoms with van der Waals surface area (Å²) in [5.41, 5.74) is 5.88. The number of hydrogen-bond donors (Lipinski definition) is 2. The maximum absolute atomic E-state index is 12.7. The number of aromatic nitrogens is 2. The molecule has 28 heavy (non-hydrogen) atoms. The number of nitrogens with zero attached hydrogens (tertiary/aromatic N) is 1. The van der Waals surface area contributed by atoms with E-state index in [9.17, 15) is 9.59 Å². The Morgan fingerprint density at radius 3 is 2.18 bits per heavy atom. The highest BCUT2D eigenvalue weighted by molar-refractivity contribution is 6.09. The van der Waals surface area contributed by atoms with Gasteiger partial charge < -0.3 is 10.1 Å². The summed E-state index contributed by atoms with van der Waals surface area (Å²) in [5.74, 6) is -0.381. The van der Waals surface area contributed by atoms with E-state index in [1.165, 1.54) is 12.1 Å². The molecule has 4 aromatic rings. The highest BCUT2D eigenvalue weighted by atomic mass is 16.4. The first kappa shape index (κ1) is 17.7. The van der Waals surface area contributed by atoms with Gasteiger partial charge in [-0.05, 0) is 49.2 Å². The number of aryl methyl sites for hydroxylation is 2.